The van der Waals surface area contributed by atoms with E-state index in [2.05, 4.69) is 81.3 Å². The lowest BCUT2D eigenvalue weighted by molar-refractivity contribution is -0.287. The molecule has 0 bridgehead atoms. The Balaban J connectivity index is 0.000000198. The first-order valence-corrected chi connectivity index (χ1v) is 25.2. The number of fused-ring (bicyclic) bond motifs is 2. The molecule has 2 aromatic carbocycles. The highest BCUT2D eigenvalue weighted by Crippen LogP contribution is 2.47. The van der Waals surface area contributed by atoms with Crippen LogP contribution in [0.2, 0.25) is 15.3 Å². The first-order chi connectivity index (χ1) is 37.9. The monoisotopic (exact) mass is 1220 g/mol. The molecule has 0 saturated carbocycles. The maximum atomic E-state index is 13.2. The van der Waals surface area contributed by atoms with Gasteiger partial charge in [0, 0.05) is 49.4 Å². The number of ether oxygens (including phenoxy) is 7. The van der Waals surface area contributed by atoms with E-state index in [4.69, 9.17) is 83.1 Å². The number of nitrogen functional groups attached to an aromatic ring is 1. The number of nitrogens with two attached hydrogens (primary N) is 1. The third-order valence-corrected chi connectivity index (χ3v) is 10.9. The smallest absolute Gasteiger partial charge is 0.477 e. The number of aromatic carboxylic acids is 1. The molecule has 33 heteroatoms. The molecule has 0 unspecified atom stereocenters. The summed E-state index contributed by atoms with van der Waals surface area (Å²) >= 11 is 27.2. The van der Waals surface area contributed by atoms with Gasteiger partial charge in [-0.3, -0.25) is 24.1 Å². The number of morpholine rings is 1. The van der Waals surface area contributed by atoms with E-state index in [0.29, 0.717) is 41.3 Å². The molecular weight excluding hydrogens is 1170 g/mol. The van der Waals surface area contributed by atoms with Crippen LogP contribution in [0.4, 0.5) is 29.2 Å². The zero-order valence-corrected chi connectivity index (χ0v) is 47.0. The number of rotatable bonds is 9. The Hall–Kier alpha value is -7.34. The van der Waals surface area contributed by atoms with Crippen molar-refractivity contribution in [1.82, 2.24) is 59.3 Å². The summed E-state index contributed by atoms with van der Waals surface area (Å²) in [5.74, 6) is -1.40. The number of hydrogen-bond acceptors (Lipinski definition) is 20. The molecule has 0 radical (unpaired) electrons. The number of amides is 1. The predicted molar refractivity (Wildman–Crippen MR) is 285 cm³/mol. The number of hydrogen-bond donors (Lipinski definition) is 3. The predicted octanol–water partition coefficient (Wildman–Crippen LogP) is 9.42. The molecule has 4 N–H and O–H groups in total. The highest BCUT2D eigenvalue weighted by molar-refractivity contribution is 6.40. The van der Waals surface area contributed by atoms with Crippen LogP contribution in [0.15, 0.2) is 61.2 Å². The Kier molecular flexibility index (Phi) is 23.2. The van der Waals surface area contributed by atoms with Crippen LogP contribution in [0.3, 0.4) is 0 Å². The molecule has 430 valence electrons. The number of methoxy groups -OCH3 is 2. The first kappa shape index (κ1) is 63.5. The van der Waals surface area contributed by atoms with E-state index in [-0.39, 0.29) is 78.9 Å². The van der Waals surface area contributed by atoms with Crippen molar-refractivity contribution in [3.05, 3.63) is 99.3 Å². The lowest BCUT2D eigenvalue weighted by atomic mass is 10.1. The molecule has 1 fully saturated rings. The number of aromatic nitrogens is 11. The summed E-state index contributed by atoms with van der Waals surface area (Å²) in [6.07, 6.45) is -2.01. The normalized spacial score (nSPS) is 13.9. The number of carbonyl (C=O) groups is 2. The van der Waals surface area contributed by atoms with Crippen LogP contribution in [0.25, 0.3) is 22.5 Å². The van der Waals surface area contributed by atoms with Crippen molar-refractivity contribution in [2.45, 2.75) is 53.4 Å². The molecule has 0 atom stereocenters. The molecule has 0 aliphatic carbocycles. The number of carbonyl (C=O) groups excluding carboxylic acids is 1. The molecule has 7 aromatic rings. The van der Waals surface area contributed by atoms with E-state index in [1.54, 1.807) is 30.7 Å². The Labute approximate surface area is 478 Å². The Morgan fingerprint density at radius 1 is 0.688 bits per heavy atom. The third-order valence-electron chi connectivity index (χ3n) is 10.1. The Morgan fingerprint density at radius 3 is 1.50 bits per heavy atom. The van der Waals surface area contributed by atoms with Crippen LogP contribution in [0.5, 0.6) is 35.0 Å². The minimum absolute atomic E-state index is 0.0497. The van der Waals surface area contributed by atoms with Crippen molar-refractivity contribution in [3.63, 3.8) is 0 Å². The molecule has 10 rings (SSSR count). The summed E-state index contributed by atoms with van der Waals surface area (Å²) < 4.78 is 87.3. The fraction of sp³-hybridized carbons (Fsp3) is 0.340. The number of nitrogens with zero attached hydrogens (tertiary/aromatic N) is 12. The van der Waals surface area contributed by atoms with Gasteiger partial charge in [0.2, 0.25) is 5.28 Å². The summed E-state index contributed by atoms with van der Waals surface area (Å²) in [4.78, 5) is 52.5. The molecule has 80 heavy (non-hydrogen) atoms. The second kappa shape index (κ2) is 29.2. The molecule has 0 spiro atoms. The van der Waals surface area contributed by atoms with Crippen molar-refractivity contribution in [1.29, 1.82) is 0 Å². The zero-order valence-electron chi connectivity index (χ0n) is 43.2. The van der Waals surface area contributed by atoms with E-state index in [9.17, 15) is 27.2 Å². The van der Waals surface area contributed by atoms with Gasteiger partial charge < -0.3 is 54.2 Å². The van der Waals surface area contributed by atoms with Crippen molar-refractivity contribution < 1.29 is 65.4 Å². The topological polar surface area (TPSA) is 286 Å². The quantitative estimate of drug-likeness (QED) is 0.0895. The third kappa shape index (κ3) is 18.4. The van der Waals surface area contributed by atoms with Gasteiger partial charge in [-0.25, -0.2) is 14.8 Å². The van der Waals surface area contributed by atoms with Crippen LogP contribution in [0.1, 0.15) is 46.2 Å². The van der Waals surface area contributed by atoms with Gasteiger partial charge in [0.15, 0.2) is 28.8 Å². The van der Waals surface area contributed by atoms with E-state index >= 15 is 0 Å². The lowest BCUT2D eigenvalue weighted by Crippen LogP contribution is -2.32. The van der Waals surface area contributed by atoms with Gasteiger partial charge in [0.25, 0.3) is 5.91 Å². The van der Waals surface area contributed by atoms with Gasteiger partial charge in [-0.2, -0.15) is 20.2 Å². The molecule has 1 amide bonds. The maximum Gasteiger partial charge on any atom is 0.586 e. The van der Waals surface area contributed by atoms with Crippen molar-refractivity contribution in [2.75, 3.05) is 64.0 Å². The zero-order chi connectivity index (χ0) is 58.9. The van der Waals surface area contributed by atoms with Crippen molar-refractivity contribution >= 4 is 81.5 Å². The average Bonchev–Trinajstić information content (AvgIpc) is 4.17. The number of aryl methyl sites for hydroxylation is 4. The van der Waals surface area contributed by atoms with Crippen LogP contribution in [0, 0.1) is 13.8 Å². The van der Waals surface area contributed by atoms with Crippen LogP contribution < -0.4 is 39.5 Å². The Bertz CT molecular complexity index is 3180. The number of benzene rings is 2. The summed E-state index contributed by atoms with van der Waals surface area (Å²) in [6.45, 7) is 12.5. The number of carboxylic acid groups (broad SMARTS) is 1. The largest absolute Gasteiger partial charge is 0.586 e. The van der Waals surface area contributed by atoms with Gasteiger partial charge in [0.05, 0.1) is 90.4 Å². The van der Waals surface area contributed by atoms with E-state index in [1.807, 2.05) is 13.8 Å². The standard InChI is InChI=1S/C18H14ClF2N5O3.C11H6ClF2N3O2.C7H10N2O2.C5H6ClN3O2.C5H11NO.CH2Cl2/c1-3-26-13(4-9(2)25-26)17(27)24-16-8-22-12(7-23-16)10-5-14-15(6-11(10)19)29-18(20,21)28-14;12-6-2-9-8(18-11(13,14)19-9)1-5(6)7-3-17-10(15)4-16-7;1-3-9-6(7(10)11)4-5(2)8-9;1-10-4-7-3(6)8-5(9-4)11-2;1-6-2-4-7-5-3-6;2-1-3/h4-8H,3H2,1-2H3,(H,23,24,27);1-4H,(H2,15,17);4H,3H2,1-2H3,(H,10,11);1-2H3;2-5H2,1H3;1H2. The number of carboxylic acids is 1. The molecule has 3 aliphatic rings. The van der Waals surface area contributed by atoms with Crippen molar-refractivity contribution in [3.8, 4) is 57.5 Å². The maximum absolute atomic E-state index is 13.2. The van der Waals surface area contributed by atoms with Crippen molar-refractivity contribution in [2.24, 2.45) is 0 Å². The number of alkyl halides is 6. The highest BCUT2D eigenvalue weighted by Gasteiger charge is 2.45. The minimum atomic E-state index is -3.74. The lowest BCUT2D eigenvalue weighted by Gasteiger charge is -2.21. The van der Waals surface area contributed by atoms with Gasteiger partial charge in [-0.05, 0) is 70.6 Å². The fourth-order valence-electron chi connectivity index (χ4n) is 6.60. The fourth-order valence-corrected chi connectivity index (χ4v) is 7.25. The average molecular weight is 1220 g/mol. The van der Waals surface area contributed by atoms with Crippen LogP contribution in [-0.4, -0.2) is 142 Å². The number of likely N-dealkylation sites (N-methyl/N-ethyl adjacent to an activating group) is 1. The number of nitrogens with one attached hydrogen (secondary N) is 1. The molecule has 8 heterocycles. The highest BCUT2D eigenvalue weighted by atomic mass is 35.5. The summed E-state index contributed by atoms with van der Waals surface area (Å²) in [6, 6.07) is 8.59. The second-order valence-corrected chi connectivity index (χ2v) is 17.8. The van der Waals surface area contributed by atoms with Crippen LogP contribution >= 0.6 is 58.0 Å². The number of halogens is 9. The summed E-state index contributed by atoms with van der Waals surface area (Å²) in [5.41, 5.74) is 8.96. The molecule has 3 aliphatic heterocycles. The van der Waals surface area contributed by atoms with Gasteiger partial charge >= 0.3 is 30.6 Å². The van der Waals surface area contributed by atoms with Gasteiger partial charge in [-0.15, -0.1) is 45.7 Å². The second-order valence-electron chi connectivity index (χ2n) is 15.8. The molecule has 24 nitrogen and oxygen atoms in total. The van der Waals surface area contributed by atoms with E-state index in [0.717, 1.165) is 37.7 Å². The SMILES string of the molecule is CCn1nc(C)cc1C(=O)Nc1cnc(-c2cc3c(cc2Cl)OC(F)(F)O3)cn1.CCn1nc(C)cc1C(=O)O.CN1CCOCC1.COc1nc(Cl)nc(OC)n1.ClCCl.Nc1cnc(-c2cc3c(cc2Cl)OC(F)(F)O3)cn1. The van der Waals surface area contributed by atoms with E-state index < -0.39 is 18.6 Å². The molecule has 1 saturated heterocycles. The molecular formula is C47H49Cl5F4N14O10. The number of anilines is 2. The van der Waals surface area contributed by atoms with Gasteiger partial charge in [-0.1, -0.05) is 23.2 Å². The van der Waals surface area contributed by atoms with Crippen LogP contribution in [-0.2, 0) is 17.8 Å². The summed E-state index contributed by atoms with van der Waals surface area (Å²) in [7, 11) is 4.98. The first-order valence-electron chi connectivity index (χ1n) is 23.0. The van der Waals surface area contributed by atoms with Gasteiger partial charge in [0.1, 0.15) is 17.2 Å². The Morgan fingerprint density at radius 2 is 1.12 bits per heavy atom. The summed E-state index contributed by atoms with van der Waals surface area (Å²) in [5, 5.41) is 20.1. The van der Waals surface area contributed by atoms with E-state index in [1.165, 1.54) is 68.0 Å². The molecule has 5 aromatic heterocycles. The minimum Gasteiger partial charge on any atom is -0.477 e.